The Labute approximate surface area is 107 Å². The van der Waals surface area contributed by atoms with E-state index in [9.17, 15) is 9.18 Å². The zero-order valence-electron chi connectivity index (χ0n) is 8.45. The minimum Gasteiger partial charge on any atom is -0.288 e. The number of hydrogen-bond donors (Lipinski definition) is 0. The molecule has 0 atom stereocenters. The highest BCUT2D eigenvalue weighted by molar-refractivity contribution is 6.35. The van der Waals surface area contributed by atoms with Crippen molar-refractivity contribution in [1.82, 2.24) is 4.98 Å². The number of nitrogens with zero attached hydrogens (tertiary/aromatic N) is 1. The lowest BCUT2D eigenvalue weighted by atomic mass is 10.0. The van der Waals surface area contributed by atoms with E-state index >= 15 is 0 Å². The maximum atomic E-state index is 13.6. The van der Waals surface area contributed by atoms with Crippen molar-refractivity contribution >= 4 is 29.0 Å². The molecule has 0 radical (unpaired) electrons. The summed E-state index contributed by atoms with van der Waals surface area (Å²) in [4.78, 5) is 15.8. The topological polar surface area (TPSA) is 30.0 Å². The number of carbonyl (C=O) groups is 1. The van der Waals surface area contributed by atoms with Crippen LogP contribution in [0, 0.1) is 5.82 Å². The van der Waals surface area contributed by atoms with Gasteiger partial charge in [-0.1, -0.05) is 23.2 Å². The molecule has 86 valence electrons. The van der Waals surface area contributed by atoms with Gasteiger partial charge in [-0.2, -0.15) is 0 Å². The van der Waals surface area contributed by atoms with Gasteiger partial charge in [0, 0.05) is 23.0 Å². The Balaban J connectivity index is 2.48. The third-order valence-corrected chi connectivity index (χ3v) is 2.73. The number of ketones is 1. The smallest absolute Gasteiger partial charge is 0.197 e. The molecule has 0 aliphatic carbocycles. The molecule has 1 aromatic carbocycles. The Morgan fingerprint density at radius 3 is 2.59 bits per heavy atom. The zero-order valence-corrected chi connectivity index (χ0v) is 9.97. The van der Waals surface area contributed by atoms with E-state index < -0.39 is 11.6 Å². The summed E-state index contributed by atoms with van der Waals surface area (Å²) in [5.41, 5.74) is 0.144. The molecule has 0 N–H and O–H groups in total. The first-order valence-electron chi connectivity index (χ1n) is 4.69. The van der Waals surface area contributed by atoms with Crippen LogP contribution in [0.3, 0.4) is 0 Å². The summed E-state index contributed by atoms with van der Waals surface area (Å²) in [5.74, 6) is -1.16. The number of halogens is 3. The minimum absolute atomic E-state index is 0.0671. The fourth-order valence-electron chi connectivity index (χ4n) is 1.38. The molecule has 17 heavy (non-hydrogen) atoms. The fraction of sp³-hybridized carbons (Fsp3) is 0. The number of carbonyl (C=O) groups excluding carboxylic acids is 1. The summed E-state index contributed by atoms with van der Waals surface area (Å²) < 4.78 is 13.6. The Bertz CT molecular complexity index is 586. The van der Waals surface area contributed by atoms with E-state index in [1.165, 1.54) is 30.6 Å². The average Bonchev–Trinajstić information content (AvgIpc) is 2.29. The molecule has 2 rings (SSSR count). The van der Waals surface area contributed by atoms with E-state index in [0.717, 1.165) is 6.07 Å². The number of aromatic nitrogens is 1. The van der Waals surface area contributed by atoms with Crippen LogP contribution >= 0.6 is 23.2 Å². The average molecular weight is 270 g/mol. The predicted molar refractivity (Wildman–Crippen MR) is 64.1 cm³/mol. The molecule has 0 aliphatic rings. The van der Waals surface area contributed by atoms with Crippen molar-refractivity contribution in [3.8, 4) is 0 Å². The van der Waals surface area contributed by atoms with Gasteiger partial charge in [-0.25, -0.2) is 4.39 Å². The van der Waals surface area contributed by atoms with Crippen LogP contribution in [0.1, 0.15) is 15.9 Å². The van der Waals surface area contributed by atoms with Gasteiger partial charge < -0.3 is 0 Å². The Morgan fingerprint density at radius 1 is 1.18 bits per heavy atom. The molecule has 0 amide bonds. The molecule has 0 spiro atoms. The predicted octanol–water partition coefficient (Wildman–Crippen LogP) is 3.76. The van der Waals surface area contributed by atoms with E-state index in [0.29, 0.717) is 0 Å². The summed E-state index contributed by atoms with van der Waals surface area (Å²) in [6.07, 6.45) is 2.76. The molecule has 0 unspecified atom stereocenters. The highest BCUT2D eigenvalue weighted by Crippen LogP contribution is 2.21. The van der Waals surface area contributed by atoms with Crippen molar-refractivity contribution in [3.05, 3.63) is 63.6 Å². The summed E-state index contributed by atoms with van der Waals surface area (Å²) >= 11 is 11.4. The van der Waals surface area contributed by atoms with Gasteiger partial charge in [0.1, 0.15) is 5.82 Å². The first-order valence-corrected chi connectivity index (χ1v) is 5.44. The number of hydrogen-bond acceptors (Lipinski definition) is 2. The molecular formula is C12H6Cl2FNO. The van der Waals surface area contributed by atoms with Gasteiger partial charge in [0.15, 0.2) is 5.78 Å². The second-order valence-corrected chi connectivity index (χ2v) is 4.15. The van der Waals surface area contributed by atoms with Crippen molar-refractivity contribution in [1.29, 1.82) is 0 Å². The zero-order chi connectivity index (χ0) is 12.4. The van der Waals surface area contributed by atoms with Gasteiger partial charge in [0.25, 0.3) is 0 Å². The Hall–Kier alpha value is -1.45. The Morgan fingerprint density at radius 2 is 1.94 bits per heavy atom. The first kappa shape index (κ1) is 12.0. The molecule has 2 aromatic rings. The summed E-state index contributed by atoms with van der Waals surface area (Å²) in [6.45, 7) is 0. The lowest BCUT2D eigenvalue weighted by molar-refractivity contribution is 0.103. The SMILES string of the molecule is O=C(c1ccc(Cl)cc1F)c1ccncc1Cl. The maximum Gasteiger partial charge on any atom is 0.197 e. The summed E-state index contributed by atoms with van der Waals surface area (Å²) in [6, 6.07) is 5.31. The Kier molecular flexibility index (Phi) is 3.41. The molecule has 0 fully saturated rings. The van der Waals surface area contributed by atoms with Crippen LogP contribution in [0.15, 0.2) is 36.7 Å². The third-order valence-electron chi connectivity index (χ3n) is 2.19. The monoisotopic (exact) mass is 269 g/mol. The van der Waals surface area contributed by atoms with Crippen molar-refractivity contribution in [2.75, 3.05) is 0 Å². The van der Waals surface area contributed by atoms with Crippen LogP contribution in [0.4, 0.5) is 4.39 Å². The fourth-order valence-corrected chi connectivity index (χ4v) is 1.74. The summed E-state index contributed by atoms with van der Waals surface area (Å²) in [5, 5.41) is 0.423. The number of rotatable bonds is 2. The van der Waals surface area contributed by atoms with Gasteiger partial charge in [0.05, 0.1) is 10.6 Å². The van der Waals surface area contributed by atoms with Gasteiger partial charge in [0.2, 0.25) is 0 Å². The van der Waals surface area contributed by atoms with Crippen LogP contribution in [0.5, 0.6) is 0 Å². The van der Waals surface area contributed by atoms with E-state index in [1.54, 1.807) is 0 Å². The van der Waals surface area contributed by atoms with E-state index in [4.69, 9.17) is 23.2 Å². The lowest BCUT2D eigenvalue weighted by Crippen LogP contribution is -2.05. The van der Waals surface area contributed by atoms with Gasteiger partial charge in [-0.15, -0.1) is 0 Å². The molecule has 5 heteroatoms. The van der Waals surface area contributed by atoms with Crippen LogP contribution in [-0.2, 0) is 0 Å². The third kappa shape index (κ3) is 2.46. The molecule has 1 heterocycles. The van der Waals surface area contributed by atoms with Crippen LogP contribution in [0.25, 0.3) is 0 Å². The van der Waals surface area contributed by atoms with E-state index in [-0.39, 0.29) is 21.2 Å². The normalized spacial score (nSPS) is 10.3. The second-order valence-electron chi connectivity index (χ2n) is 3.31. The lowest BCUT2D eigenvalue weighted by Gasteiger charge is -2.04. The van der Waals surface area contributed by atoms with E-state index in [1.807, 2.05) is 0 Å². The van der Waals surface area contributed by atoms with Crippen LogP contribution in [-0.4, -0.2) is 10.8 Å². The molecule has 2 nitrogen and oxygen atoms in total. The van der Waals surface area contributed by atoms with E-state index in [2.05, 4.69) is 4.98 Å². The molecule has 0 saturated heterocycles. The quantitative estimate of drug-likeness (QED) is 0.778. The highest BCUT2D eigenvalue weighted by Gasteiger charge is 2.16. The van der Waals surface area contributed by atoms with Crippen molar-refractivity contribution in [2.24, 2.45) is 0 Å². The van der Waals surface area contributed by atoms with Gasteiger partial charge in [-0.3, -0.25) is 9.78 Å². The molecular weight excluding hydrogens is 264 g/mol. The van der Waals surface area contributed by atoms with Crippen LogP contribution in [0.2, 0.25) is 10.0 Å². The minimum atomic E-state index is -0.671. The highest BCUT2D eigenvalue weighted by atomic mass is 35.5. The molecule has 0 saturated carbocycles. The molecule has 0 aliphatic heterocycles. The maximum absolute atomic E-state index is 13.6. The molecule has 1 aromatic heterocycles. The number of benzene rings is 1. The van der Waals surface area contributed by atoms with Crippen LogP contribution < -0.4 is 0 Å². The first-order chi connectivity index (χ1) is 8.09. The second kappa shape index (κ2) is 4.82. The van der Waals surface area contributed by atoms with Gasteiger partial charge in [-0.05, 0) is 24.3 Å². The van der Waals surface area contributed by atoms with Crippen molar-refractivity contribution in [3.63, 3.8) is 0 Å². The van der Waals surface area contributed by atoms with Gasteiger partial charge >= 0.3 is 0 Å². The summed E-state index contributed by atoms with van der Waals surface area (Å²) in [7, 11) is 0. The van der Waals surface area contributed by atoms with Crippen molar-refractivity contribution in [2.45, 2.75) is 0 Å². The van der Waals surface area contributed by atoms with Crippen molar-refractivity contribution < 1.29 is 9.18 Å². The number of pyridine rings is 1. The molecule has 0 bridgehead atoms. The largest absolute Gasteiger partial charge is 0.288 e. The standard InChI is InChI=1S/C12H6Cl2FNO/c13-7-1-2-9(11(15)5-7)12(17)8-3-4-16-6-10(8)14/h1-6H.